The van der Waals surface area contributed by atoms with Crippen molar-refractivity contribution < 1.29 is 5.11 Å². The van der Waals surface area contributed by atoms with Crippen LogP contribution in [0, 0.1) is 11.3 Å². The van der Waals surface area contributed by atoms with Crippen LogP contribution < -0.4 is 4.90 Å². The molecule has 1 N–H and O–H groups in total. The van der Waals surface area contributed by atoms with Crippen LogP contribution in [0.25, 0.3) is 0 Å². The molecule has 0 amide bonds. The van der Waals surface area contributed by atoms with Gasteiger partial charge in [-0.15, -0.1) is 0 Å². The number of hydrogen-bond donors (Lipinski definition) is 1. The lowest BCUT2D eigenvalue weighted by molar-refractivity contribution is 0.140. The lowest BCUT2D eigenvalue weighted by Crippen LogP contribution is -2.54. The molecule has 0 spiro atoms. The number of benzene rings is 1. The van der Waals surface area contributed by atoms with Gasteiger partial charge in [-0.25, -0.2) is 4.98 Å². The van der Waals surface area contributed by atoms with Gasteiger partial charge in [0.2, 0.25) is 0 Å². The van der Waals surface area contributed by atoms with Crippen molar-refractivity contribution in [3.63, 3.8) is 0 Å². The molecule has 0 aliphatic carbocycles. The van der Waals surface area contributed by atoms with Gasteiger partial charge in [-0.1, -0.05) is 36.4 Å². The Labute approximate surface area is 155 Å². The van der Waals surface area contributed by atoms with E-state index in [0.717, 1.165) is 51.3 Å². The zero-order valence-electron chi connectivity index (χ0n) is 15.1. The molecule has 2 aromatic rings. The van der Waals surface area contributed by atoms with Crippen molar-refractivity contribution in [3.8, 4) is 6.07 Å². The number of aliphatic hydroxyl groups excluding tert-OH is 1. The third-order valence-electron chi connectivity index (χ3n) is 4.99. The second kappa shape index (κ2) is 9.33. The van der Waals surface area contributed by atoms with Crippen LogP contribution in [0.2, 0.25) is 0 Å². The minimum Gasteiger partial charge on any atom is -0.396 e. The van der Waals surface area contributed by atoms with Gasteiger partial charge in [0, 0.05) is 32.3 Å². The summed E-state index contributed by atoms with van der Waals surface area (Å²) >= 11 is 0. The summed E-state index contributed by atoms with van der Waals surface area (Å²) in [5, 5.41) is 18.5. The molecule has 2 heterocycles. The summed E-state index contributed by atoms with van der Waals surface area (Å²) in [7, 11) is 0. The zero-order chi connectivity index (χ0) is 18.2. The normalized spacial score (nSPS) is 17.8. The molecule has 1 atom stereocenters. The van der Waals surface area contributed by atoms with E-state index in [1.165, 1.54) is 5.56 Å². The fraction of sp³-hybridized carbons (Fsp3) is 0.429. The summed E-state index contributed by atoms with van der Waals surface area (Å²) in [6, 6.07) is 18.6. The fourth-order valence-corrected chi connectivity index (χ4v) is 3.61. The van der Waals surface area contributed by atoms with E-state index in [4.69, 9.17) is 5.26 Å². The summed E-state index contributed by atoms with van der Waals surface area (Å²) in [6.45, 7) is 3.93. The van der Waals surface area contributed by atoms with Crippen molar-refractivity contribution in [2.75, 3.05) is 37.7 Å². The monoisotopic (exact) mass is 350 g/mol. The van der Waals surface area contributed by atoms with Gasteiger partial charge in [0.1, 0.15) is 17.6 Å². The SMILES string of the molecule is N#Cc1cccc(N2CCN(CCCc3ccccc3)[C@H](CCO)C2)n1. The molecule has 0 radical (unpaired) electrons. The topological polar surface area (TPSA) is 63.4 Å². The van der Waals surface area contributed by atoms with Crippen LogP contribution in [0.3, 0.4) is 0 Å². The van der Waals surface area contributed by atoms with Crippen LogP contribution in [0.15, 0.2) is 48.5 Å². The number of rotatable bonds is 7. The lowest BCUT2D eigenvalue weighted by atomic mass is 10.1. The highest BCUT2D eigenvalue weighted by molar-refractivity contribution is 5.42. The second-order valence-electron chi connectivity index (χ2n) is 6.73. The number of piperazine rings is 1. The number of anilines is 1. The highest BCUT2D eigenvalue weighted by Crippen LogP contribution is 2.20. The molecule has 136 valence electrons. The molecular formula is C21H26N4O. The lowest BCUT2D eigenvalue weighted by Gasteiger charge is -2.42. The van der Waals surface area contributed by atoms with E-state index < -0.39 is 0 Å². The smallest absolute Gasteiger partial charge is 0.142 e. The summed E-state index contributed by atoms with van der Waals surface area (Å²) in [4.78, 5) is 9.14. The Morgan fingerprint density at radius 1 is 1.12 bits per heavy atom. The Kier molecular flexibility index (Phi) is 6.59. The van der Waals surface area contributed by atoms with E-state index in [1.54, 1.807) is 6.07 Å². The average molecular weight is 350 g/mol. The van der Waals surface area contributed by atoms with Crippen molar-refractivity contribution in [2.45, 2.75) is 25.3 Å². The first-order valence-corrected chi connectivity index (χ1v) is 9.31. The maximum Gasteiger partial charge on any atom is 0.142 e. The molecule has 1 aliphatic rings. The van der Waals surface area contributed by atoms with E-state index in [0.29, 0.717) is 11.7 Å². The highest BCUT2D eigenvalue weighted by atomic mass is 16.3. The number of pyridine rings is 1. The average Bonchev–Trinajstić information content (AvgIpc) is 2.70. The molecule has 3 rings (SSSR count). The first kappa shape index (κ1) is 18.4. The largest absolute Gasteiger partial charge is 0.396 e. The minimum absolute atomic E-state index is 0.194. The van der Waals surface area contributed by atoms with Gasteiger partial charge >= 0.3 is 0 Å². The minimum atomic E-state index is 0.194. The van der Waals surface area contributed by atoms with E-state index in [2.05, 4.69) is 51.2 Å². The van der Waals surface area contributed by atoms with Gasteiger partial charge in [-0.3, -0.25) is 4.90 Å². The standard InChI is InChI=1S/C21H26N4O/c22-16-19-9-4-10-21(23-19)25-14-13-24(20(17-25)11-15-26)12-5-8-18-6-2-1-3-7-18/h1-4,6-7,9-10,20,26H,5,8,11-15,17H2/t20-/m1/s1. The number of nitrogens with zero attached hydrogens (tertiary/aromatic N) is 4. The Bertz CT molecular complexity index is 728. The van der Waals surface area contributed by atoms with E-state index in [1.807, 2.05) is 12.1 Å². The predicted molar refractivity (Wildman–Crippen MR) is 103 cm³/mol. The van der Waals surface area contributed by atoms with Crippen LogP contribution >= 0.6 is 0 Å². The molecular weight excluding hydrogens is 324 g/mol. The third kappa shape index (κ3) is 4.81. The quantitative estimate of drug-likeness (QED) is 0.831. The molecule has 0 saturated carbocycles. The van der Waals surface area contributed by atoms with Gasteiger partial charge in [0.15, 0.2) is 0 Å². The molecule has 5 nitrogen and oxygen atoms in total. The highest BCUT2D eigenvalue weighted by Gasteiger charge is 2.27. The summed E-state index contributed by atoms with van der Waals surface area (Å²) in [5.41, 5.74) is 1.83. The van der Waals surface area contributed by atoms with Crippen LogP contribution in [0.4, 0.5) is 5.82 Å². The van der Waals surface area contributed by atoms with Crippen molar-refractivity contribution in [1.82, 2.24) is 9.88 Å². The summed E-state index contributed by atoms with van der Waals surface area (Å²) in [6.07, 6.45) is 2.96. The van der Waals surface area contributed by atoms with Crippen molar-refractivity contribution in [1.29, 1.82) is 5.26 Å². The zero-order valence-corrected chi connectivity index (χ0v) is 15.1. The Hall–Kier alpha value is -2.42. The number of aliphatic hydroxyl groups is 1. The molecule has 1 aromatic carbocycles. The Morgan fingerprint density at radius 2 is 1.96 bits per heavy atom. The third-order valence-corrected chi connectivity index (χ3v) is 4.99. The van der Waals surface area contributed by atoms with Gasteiger partial charge < -0.3 is 10.0 Å². The molecule has 1 saturated heterocycles. The van der Waals surface area contributed by atoms with E-state index in [9.17, 15) is 5.11 Å². The number of aromatic nitrogens is 1. The first-order valence-electron chi connectivity index (χ1n) is 9.31. The molecule has 26 heavy (non-hydrogen) atoms. The van der Waals surface area contributed by atoms with E-state index >= 15 is 0 Å². The molecule has 0 unspecified atom stereocenters. The molecule has 5 heteroatoms. The number of aryl methyl sites for hydroxylation is 1. The summed E-state index contributed by atoms with van der Waals surface area (Å²) < 4.78 is 0. The van der Waals surface area contributed by atoms with Crippen molar-refractivity contribution >= 4 is 5.82 Å². The molecule has 1 aromatic heterocycles. The van der Waals surface area contributed by atoms with Crippen molar-refractivity contribution in [3.05, 3.63) is 59.8 Å². The van der Waals surface area contributed by atoms with Crippen LogP contribution in [0.1, 0.15) is 24.1 Å². The van der Waals surface area contributed by atoms with Crippen molar-refractivity contribution in [2.24, 2.45) is 0 Å². The number of hydrogen-bond acceptors (Lipinski definition) is 5. The first-order chi connectivity index (χ1) is 12.8. The Morgan fingerprint density at radius 3 is 2.73 bits per heavy atom. The molecule has 1 aliphatic heterocycles. The number of nitriles is 1. The van der Waals surface area contributed by atoms with Crippen LogP contribution in [0.5, 0.6) is 0 Å². The van der Waals surface area contributed by atoms with Gasteiger partial charge in [-0.05, 0) is 43.5 Å². The summed E-state index contributed by atoms with van der Waals surface area (Å²) in [5.74, 6) is 0.857. The molecule has 1 fully saturated rings. The van der Waals surface area contributed by atoms with Crippen LogP contribution in [-0.4, -0.2) is 53.8 Å². The Balaban J connectivity index is 1.58. The van der Waals surface area contributed by atoms with Gasteiger partial charge in [-0.2, -0.15) is 5.26 Å². The molecule has 0 bridgehead atoms. The maximum absolute atomic E-state index is 9.47. The predicted octanol–water partition coefficient (Wildman–Crippen LogP) is 2.46. The fourth-order valence-electron chi connectivity index (χ4n) is 3.61. The van der Waals surface area contributed by atoms with E-state index in [-0.39, 0.29) is 6.61 Å². The van der Waals surface area contributed by atoms with Gasteiger partial charge in [0.25, 0.3) is 0 Å². The maximum atomic E-state index is 9.47. The van der Waals surface area contributed by atoms with Gasteiger partial charge in [0.05, 0.1) is 0 Å². The van der Waals surface area contributed by atoms with Crippen LogP contribution in [-0.2, 0) is 6.42 Å². The second-order valence-corrected chi connectivity index (χ2v) is 6.73.